The number of rotatable bonds is 3. The summed E-state index contributed by atoms with van der Waals surface area (Å²) in [7, 11) is -5.14. The SMILES string of the molecule is N=C([O-])[C@@H]1c2occc2[C@H]2CN1C(=O)N2OS(=O)(=O)[O-].[Na+].[Na+]. The first-order chi connectivity index (χ1) is 9.29. The van der Waals surface area contributed by atoms with Gasteiger partial charge in [-0.2, -0.15) is 9.35 Å². The summed E-state index contributed by atoms with van der Waals surface area (Å²) < 4.78 is 41.2. The number of urea groups is 1. The van der Waals surface area contributed by atoms with Gasteiger partial charge in [0.05, 0.1) is 12.8 Å². The van der Waals surface area contributed by atoms with Crippen molar-refractivity contribution >= 4 is 22.3 Å². The van der Waals surface area contributed by atoms with E-state index in [1.165, 1.54) is 12.3 Å². The van der Waals surface area contributed by atoms with Gasteiger partial charge in [0.25, 0.3) is 0 Å². The molecule has 3 rings (SSSR count). The van der Waals surface area contributed by atoms with Crippen LogP contribution < -0.4 is 64.2 Å². The Balaban J connectivity index is 0.00000121. The molecule has 2 bridgehead atoms. The maximum absolute atomic E-state index is 12.0. The molecule has 1 N–H and O–H groups in total. The zero-order chi connectivity index (χ0) is 14.7. The fourth-order valence-electron chi connectivity index (χ4n) is 2.45. The number of carbonyl (C=O) groups excluding carboxylic acids is 1. The monoisotopic (exact) mass is 347 g/mol. The molecule has 22 heavy (non-hydrogen) atoms. The Hall–Kier alpha value is -0.110. The summed E-state index contributed by atoms with van der Waals surface area (Å²) in [5, 5.41) is 18.9. The Morgan fingerprint density at radius 3 is 2.64 bits per heavy atom. The van der Waals surface area contributed by atoms with E-state index >= 15 is 0 Å². The van der Waals surface area contributed by atoms with Crippen LogP contribution in [0.1, 0.15) is 23.4 Å². The van der Waals surface area contributed by atoms with Crippen LogP contribution in [0.25, 0.3) is 0 Å². The first-order valence-corrected chi connectivity index (χ1v) is 6.71. The molecule has 0 unspecified atom stereocenters. The van der Waals surface area contributed by atoms with E-state index in [0.717, 1.165) is 4.90 Å². The predicted molar refractivity (Wildman–Crippen MR) is 56.6 cm³/mol. The van der Waals surface area contributed by atoms with Crippen LogP contribution in [0.4, 0.5) is 4.79 Å². The summed E-state index contributed by atoms with van der Waals surface area (Å²) in [5.41, 5.74) is 0.335. The van der Waals surface area contributed by atoms with E-state index in [2.05, 4.69) is 4.28 Å². The van der Waals surface area contributed by atoms with Crippen LogP contribution in [-0.4, -0.2) is 41.4 Å². The van der Waals surface area contributed by atoms with Crippen molar-refractivity contribution in [1.82, 2.24) is 9.96 Å². The zero-order valence-electron chi connectivity index (χ0n) is 11.7. The van der Waals surface area contributed by atoms with Gasteiger partial charge in [-0.25, -0.2) is 13.2 Å². The van der Waals surface area contributed by atoms with E-state index in [1.54, 1.807) is 0 Å². The van der Waals surface area contributed by atoms with Crippen LogP contribution in [0.2, 0.25) is 0 Å². The van der Waals surface area contributed by atoms with Crippen molar-refractivity contribution in [3.8, 4) is 0 Å². The Labute approximate surface area is 169 Å². The largest absolute Gasteiger partial charge is 1.00 e. The third-order valence-corrected chi connectivity index (χ3v) is 3.50. The van der Waals surface area contributed by atoms with Crippen LogP contribution >= 0.6 is 0 Å². The molecule has 2 amide bonds. The summed E-state index contributed by atoms with van der Waals surface area (Å²) in [6.07, 6.45) is 1.25. The van der Waals surface area contributed by atoms with Gasteiger partial charge in [0.15, 0.2) is 0 Å². The average molecular weight is 347 g/mol. The molecule has 0 saturated carbocycles. The number of carbonyl (C=O) groups is 1. The Morgan fingerprint density at radius 1 is 1.45 bits per heavy atom. The van der Waals surface area contributed by atoms with Gasteiger partial charge < -0.3 is 24.4 Å². The quantitative estimate of drug-likeness (QED) is 0.188. The maximum atomic E-state index is 12.0. The second kappa shape index (κ2) is 6.79. The molecule has 0 radical (unpaired) electrons. The molecule has 108 valence electrons. The number of hydrogen-bond donors (Lipinski definition) is 1. The number of hydroxylamine groups is 2. The van der Waals surface area contributed by atoms with Gasteiger partial charge in [-0.1, -0.05) is 0 Å². The van der Waals surface area contributed by atoms with Crippen molar-refractivity contribution in [2.45, 2.75) is 12.1 Å². The van der Waals surface area contributed by atoms with Gasteiger partial charge in [0.1, 0.15) is 17.8 Å². The number of nitrogens with one attached hydrogen (secondary N) is 1. The Kier molecular flexibility index (Phi) is 6.15. The van der Waals surface area contributed by atoms with Crippen molar-refractivity contribution in [2.75, 3.05) is 6.54 Å². The Morgan fingerprint density at radius 2 is 2.09 bits per heavy atom. The van der Waals surface area contributed by atoms with E-state index in [0.29, 0.717) is 10.6 Å². The first kappa shape index (κ1) is 19.9. The maximum Gasteiger partial charge on any atom is 1.00 e. The number of nitrogens with zero attached hydrogens (tertiary/aromatic N) is 2. The predicted octanol–water partition coefficient (Wildman–Crippen LogP) is -7.15. The molecule has 1 aromatic heterocycles. The average Bonchev–Trinajstić information content (AvgIpc) is 2.88. The van der Waals surface area contributed by atoms with Crippen LogP contribution in [0.15, 0.2) is 16.7 Å². The molecule has 0 spiro atoms. The minimum Gasteiger partial charge on any atom is -0.860 e. The molecule has 10 nitrogen and oxygen atoms in total. The van der Waals surface area contributed by atoms with E-state index in [-0.39, 0.29) is 71.4 Å². The third kappa shape index (κ3) is 3.23. The van der Waals surface area contributed by atoms with Gasteiger partial charge in [0.2, 0.25) is 10.4 Å². The van der Waals surface area contributed by atoms with E-state index in [1.807, 2.05) is 0 Å². The summed E-state index contributed by atoms with van der Waals surface area (Å²) in [4.78, 5) is 12.9. The Bertz CT molecular complexity index is 706. The fourth-order valence-corrected chi connectivity index (χ4v) is 2.82. The zero-order valence-corrected chi connectivity index (χ0v) is 16.5. The molecule has 1 aromatic rings. The minimum atomic E-state index is -5.14. The van der Waals surface area contributed by atoms with E-state index < -0.39 is 34.4 Å². The summed E-state index contributed by atoms with van der Waals surface area (Å²) >= 11 is 0. The normalized spacial score (nSPS) is 22.7. The summed E-state index contributed by atoms with van der Waals surface area (Å²) in [6, 6.07) is -1.70. The minimum absolute atomic E-state index is 0. The second-order valence-electron chi connectivity index (χ2n) is 4.27. The summed E-state index contributed by atoms with van der Waals surface area (Å²) in [5.74, 6) is -1.01. The summed E-state index contributed by atoms with van der Waals surface area (Å²) in [6.45, 7) is -0.0732. The standard InChI is InChI=1S/C9H9N3O7S.2Na/c10-8(13)6-7-4(1-2-18-7)5-3-11(6)9(14)12(5)19-20(15,16)17;;/h1-2,5-6H,3H2,(H2,10,13)(H,15,16,17);;/q;2*+1/p-2/t5-,6+;;/m1../s1. The van der Waals surface area contributed by atoms with Gasteiger partial charge in [0, 0.05) is 5.56 Å². The molecular weight excluding hydrogens is 340 g/mol. The second-order valence-corrected chi connectivity index (χ2v) is 5.23. The molecule has 1 saturated heterocycles. The third-order valence-electron chi connectivity index (χ3n) is 3.15. The van der Waals surface area contributed by atoms with Gasteiger partial charge >= 0.3 is 65.1 Å². The molecule has 0 aliphatic carbocycles. The topological polar surface area (TPSA) is 150 Å². The van der Waals surface area contributed by atoms with Crippen LogP contribution in [-0.2, 0) is 14.7 Å². The fraction of sp³-hybridized carbons (Fsp3) is 0.333. The van der Waals surface area contributed by atoms with Crippen LogP contribution in [0.5, 0.6) is 0 Å². The molecular formula is C9H7N3Na2O7S. The molecule has 0 aromatic carbocycles. The van der Waals surface area contributed by atoms with Crippen molar-refractivity contribution in [3.05, 3.63) is 23.7 Å². The van der Waals surface area contributed by atoms with Crippen molar-refractivity contribution in [3.63, 3.8) is 0 Å². The van der Waals surface area contributed by atoms with Crippen molar-refractivity contribution < 1.29 is 90.7 Å². The number of furan rings is 1. The molecule has 2 aliphatic rings. The number of fused-ring (bicyclic) bond motifs is 4. The van der Waals surface area contributed by atoms with Gasteiger partial charge in [-0.3, -0.25) is 0 Å². The smallest absolute Gasteiger partial charge is 0.860 e. The number of hydrogen-bond acceptors (Lipinski definition) is 8. The van der Waals surface area contributed by atoms with Crippen LogP contribution in [0.3, 0.4) is 0 Å². The first-order valence-electron chi connectivity index (χ1n) is 5.37. The van der Waals surface area contributed by atoms with Crippen LogP contribution in [0, 0.1) is 5.41 Å². The van der Waals surface area contributed by atoms with Gasteiger partial charge in [-0.15, -0.1) is 0 Å². The molecule has 2 atom stereocenters. The molecule has 13 heteroatoms. The molecule has 3 heterocycles. The van der Waals surface area contributed by atoms with E-state index in [4.69, 9.17) is 9.83 Å². The molecule has 1 fully saturated rings. The van der Waals surface area contributed by atoms with Crippen molar-refractivity contribution in [2.24, 2.45) is 0 Å². The van der Waals surface area contributed by atoms with E-state index in [9.17, 15) is 22.9 Å². The van der Waals surface area contributed by atoms with Gasteiger partial charge in [-0.05, 0) is 12.0 Å². The van der Waals surface area contributed by atoms with Crippen molar-refractivity contribution in [1.29, 1.82) is 5.41 Å². The molecule has 2 aliphatic heterocycles. The number of amides is 2.